The summed E-state index contributed by atoms with van der Waals surface area (Å²) in [6.45, 7) is 0. The van der Waals surface area contributed by atoms with Gasteiger partial charge in [0, 0.05) is 30.1 Å². The van der Waals surface area contributed by atoms with Crippen LogP contribution in [-0.4, -0.2) is 47.4 Å². The van der Waals surface area contributed by atoms with E-state index < -0.39 is 18.6 Å². The van der Waals surface area contributed by atoms with E-state index in [-0.39, 0.29) is 17.1 Å². The molecule has 0 aliphatic carbocycles. The molecule has 1 unspecified atom stereocenters. The van der Waals surface area contributed by atoms with Gasteiger partial charge < -0.3 is 14.8 Å². The van der Waals surface area contributed by atoms with Gasteiger partial charge in [-0.25, -0.2) is 18.2 Å². The number of nitrogens with one attached hydrogen (secondary N) is 1. The van der Waals surface area contributed by atoms with Gasteiger partial charge in [-0.15, -0.1) is 0 Å². The molecule has 0 saturated carbocycles. The summed E-state index contributed by atoms with van der Waals surface area (Å²) in [7, 11) is 2.61. The lowest BCUT2D eigenvalue weighted by Crippen LogP contribution is -2.36. The highest BCUT2D eigenvalue weighted by Gasteiger charge is 2.27. The van der Waals surface area contributed by atoms with Crippen LogP contribution in [0.15, 0.2) is 61.2 Å². The summed E-state index contributed by atoms with van der Waals surface area (Å²) in [5, 5.41) is 1.61. The number of halogens is 3. The highest BCUT2D eigenvalue weighted by molar-refractivity contribution is 6.00. The molecule has 0 aliphatic heterocycles. The number of benzene rings is 2. The number of fused-ring (bicyclic) bond motifs is 1. The predicted octanol–water partition coefficient (Wildman–Crippen LogP) is 4.40. The van der Waals surface area contributed by atoms with Crippen molar-refractivity contribution in [2.24, 2.45) is 0 Å². The topological polar surface area (TPSA) is 78.3 Å². The summed E-state index contributed by atoms with van der Waals surface area (Å²) in [6, 6.07) is 12.6. The summed E-state index contributed by atoms with van der Waals surface area (Å²) >= 11 is 0. The minimum atomic E-state index is -3.36. The zero-order valence-electron chi connectivity index (χ0n) is 17.6. The highest BCUT2D eigenvalue weighted by atomic mass is 19.3. The fourth-order valence-electron chi connectivity index (χ4n) is 3.45. The Hall–Kier alpha value is -4.08. The number of amides is 1. The maximum Gasteiger partial charge on any atom is 0.287 e. The van der Waals surface area contributed by atoms with E-state index >= 15 is 0 Å². The number of pyridine rings is 1. The van der Waals surface area contributed by atoms with Gasteiger partial charge in [-0.05, 0) is 23.8 Å². The van der Waals surface area contributed by atoms with Crippen LogP contribution in [0, 0.1) is 0 Å². The second-order valence-corrected chi connectivity index (χ2v) is 6.99. The first kappa shape index (κ1) is 22.1. The molecule has 0 aliphatic rings. The number of hydrogen-bond acceptors (Lipinski definition) is 5. The Morgan fingerprint density at radius 3 is 2.36 bits per heavy atom. The van der Waals surface area contributed by atoms with Crippen LogP contribution in [0.4, 0.5) is 13.2 Å². The zero-order valence-corrected chi connectivity index (χ0v) is 17.6. The van der Waals surface area contributed by atoms with Gasteiger partial charge in [-0.3, -0.25) is 14.3 Å². The number of nitrogens with zero attached hydrogens (tertiary/aromatic N) is 3. The van der Waals surface area contributed by atoms with E-state index in [0.717, 1.165) is 16.6 Å². The van der Waals surface area contributed by atoms with Crippen molar-refractivity contribution in [3.8, 4) is 28.3 Å². The smallest absolute Gasteiger partial charge is 0.287 e. The number of rotatable bonds is 7. The molecule has 7 nitrogen and oxygen atoms in total. The van der Waals surface area contributed by atoms with Crippen LogP contribution < -0.4 is 14.8 Å². The van der Waals surface area contributed by atoms with Crippen LogP contribution >= 0.6 is 0 Å². The van der Waals surface area contributed by atoms with Crippen molar-refractivity contribution in [2.45, 2.75) is 12.7 Å². The quantitative estimate of drug-likeness (QED) is 0.417. The minimum Gasteiger partial charge on any atom is -0.496 e. The van der Waals surface area contributed by atoms with Crippen LogP contribution in [-0.2, 0) is 0 Å². The van der Waals surface area contributed by atoms with Crippen LogP contribution in [0.3, 0.4) is 0 Å². The van der Waals surface area contributed by atoms with E-state index in [9.17, 15) is 18.0 Å². The maximum absolute atomic E-state index is 13.4. The standard InChI is InChI=1S/C23H19F3N4O3/c1-32-18-9-15(10-19(33-2)20(18)23(31)29-22(26)21(24)25)30-12-28-16-8-13(5-6-17(16)30)14-4-3-7-27-11-14/h3-12,21-22H,1-2H3,(H,29,31). The van der Waals surface area contributed by atoms with E-state index in [0.29, 0.717) is 11.2 Å². The molecule has 2 aromatic carbocycles. The molecular weight excluding hydrogens is 437 g/mol. The largest absolute Gasteiger partial charge is 0.496 e. The van der Waals surface area contributed by atoms with Crippen molar-refractivity contribution < 1.29 is 27.4 Å². The lowest BCUT2D eigenvalue weighted by molar-refractivity contribution is 0.0285. The van der Waals surface area contributed by atoms with E-state index in [4.69, 9.17) is 9.47 Å². The molecule has 1 amide bonds. The van der Waals surface area contributed by atoms with Crippen molar-refractivity contribution in [1.82, 2.24) is 19.9 Å². The van der Waals surface area contributed by atoms with Crippen molar-refractivity contribution in [3.05, 3.63) is 66.7 Å². The molecule has 0 bridgehead atoms. The van der Waals surface area contributed by atoms with Gasteiger partial charge in [0.05, 0.1) is 30.9 Å². The maximum atomic E-state index is 13.4. The fourth-order valence-corrected chi connectivity index (χ4v) is 3.45. The van der Waals surface area contributed by atoms with Gasteiger partial charge in [0.1, 0.15) is 23.4 Å². The predicted molar refractivity (Wildman–Crippen MR) is 116 cm³/mol. The highest BCUT2D eigenvalue weighted by Crippen LogP contribution is 2.34. The van der Waals surface area contributed by atoms with Gasteiger partial charge in [-0.1, -0.05) is 12.1 Å². The third-order valence-electron chi connectivity index (χ3n) is 5.03. The monoisotopic (exact) mass is 456 g/mol. The zero-order chi connectivity index (χ0) is 23.5. The molecule has 10 heteroatoms. The molecule has 0 saturated heterocycles. The first-order valence-electron chi connectivity index (χ1n) is 9.80. The molecule has 170 valence electrons. The number of methoxy groups -OCH3 is 2. The molecule has 2 aromatic heterocycles. The fraction of sp³-hybridized carbons (Fsp3) is 0.174. The molecule has 0 spiro atoms. The Morgan fingerprint density at radius 2 is 1.76 bits per heavy atom. The van der Waals surface area contributed by atoms with Crippen LogP contribution in [0.5, 0.6) is 11.5 Å². The van der Waals surface area contributed by atoms with Gasteiger partial charge in [-0.2, -0.15) is 0 Å². The van der Waals surface area contributed by atoms with Gasteiger partial charge >= 0.3 is 0 Å². The molecule has 1 atom stereocenters. The van der Waals surface area contributed by atoms with E-state index in [2.05, 4.69) is 9.97 Å². The second-order valence-electron chi connectivity index (χ2n) is 6.99. The Bertz CT molecular complexity index is 1270. The average Bonchev–Trinajstić information content (AvgIpc) is 3.26. The molecule has 33 heavy (non-hydrogen) atoms. The van der Waals surface area contributed by atoms with E-state index in [1.165, 1.54) is 26.4 Å². The number of imidazole rings is 1. The number of ether oxygens (including phenoxy) is 2. The number of aromatic nitrogens is 3. The molecule has 0 radical (unpaired) electrons. The van der Waals surface area contributed by atoms with Gasteiger partial charge in [0.2, 0.25) is 6.30 Å². The molecule has 4 aromatic rings. The summed E-state index contributed by atoms with van der Waals surface area (Å²) < 4.78 is 50.8. The van der Waals surface area contributed by atoms with E-state index in [1.54, 1.807) is 28.6 Å². The van der Waals surface area contributed by atoms with E-state index in [1.807, 2.05) is 30.3 Å². The number of alkyl halides is 3. The first-order valence-corrected chi connectivity index (χ1v) is 9.80. The number of carbonyl (C=O) groups excluding carboxylic acids is 1. The van der Waals surface area contributed by atoms with Gasteiger partial charge in [0.15, 0.2) is 0 Å². The van der Waals surface area contributed by atoms with Crippen molar-refractivity contribution in [2.75, 3.05) is 14.2 Å². The molecule has 2 heterocycles. The molecule has 4 rings (SSSR count). The Kier molecular flexibility index (Phi) is 6.16. The van der Waals surface area contributed by atoms with Crippen molar-refractivity contribution in [1.29, 1.82) is 0 Å². The summed E-state index contributed by atoms with van der Waals surface area (Å²) in [6.07, 6.45) is -1.13. The average molecular weight is 456 g/mol. The second kappa shape index (κ2) is 9.19. The third-order valence-corrected chi connectivity index (χ3v) is 5.03. The Labute approximate surface area is 186 Å². The third kappa shape index (κ3) is 4.32. The van der Waals surface area contributed by atoms with Crippen molar-refractivity contribution >= 4 is 16.9 Å². The normalized spacial score (nSPS) is 12.1. The van der Waals surface area contributed by atoms with Crippen molar-refractivity contribution in [3.63, 3.8) is 0 Å². The SMILES string of the molecule is COc1cc(-n2cnc3cc(-c4cccnc4)ccc32)cc(OC)c1C(=O)NC(F)C(F)F. The van der Waals surface area contributed by atoms with Crippen LogP contribution in [0.1, 0.15) is 10.4 Å². The van der Waals surface area contributed by atoms with Gasteiger partial charge in [0.25, 0.3) is 12.3 Å². The first-order chi connectivity index (χ1) is 15.9. The molecular formula is C23H19F3N4O3. The lowest BCUT2D eigenvalue weighted by atomic mass is 10.1. The minimum absolute atomic E-state index is 0.0251. The summed E-state index contributed by atoms with van der Waals surface area (Å²) in [4.78, 5) is 21.0. The summed E-state index contributed by atoms with van der Waals surface area (Å²) in [5.74, 6) is -1.03. The number of carbonyl (C=O) groups is 1. The Balaban J connectivity index is 1.75. The Morgan fingerprint density at radius 1 is 1.03 bits per heavy atom. The molecule has 1 N–H and O–H groups in total. The van der Waals surface area contributed by atoms with Crippen LogP contribution in [0.25, 0.3) is 27.8 Å². The van der Waals surface area contributed by atoms with Crippen LogP contribution in [0.2, 0.25) is 0 Å². The lowest BCUT2D eigenvalue weighted by Gasteiger charge is -2.17. The number of hydrogen-bond donors (Lipinski definition) is 1. The summed E-state index contributed by atoms with van der Waals surface area (Å²) in [5.41, 5.74) is 3.72. The molecule has 0 fully saturated rings.